The average molecular weight is 221 g/mol. The van der Waals surface area contributed by atoms with Gasteiger partial charge in [0.2, 0.25) is 5.91 Å². The topological polar surface area (TPSA) is 49.3 Å². The summed E-state index contributed by atoms with van der Waals surface area (Å²) < 4.78 is 0. The highest BCUT2D eigenvalue weighted by Crippen LogP contribution is 2.06. The van der Waals surface area contributed by atoms with E-state index < -0.39 is 5.54 Å². The van der Waals surface area contributed by atoms with E-state index in [1.807, 2.05) is 31.2 Å². The molecule has 88 valence electrons. The lowest BCUT2D eigenvalue weighted by Gasteiger charge is -2.23. The molecule has 0 heterocycles. The second kappa shape index (κ2) is 5.12. The molecular formula is C13H19NO2. The maximum atomic E-state index is 11.7. The minimum atomic E-state index is -0.555. The molecule has 1 rings (SSSR count). The quantitative estimate of drug-likeness (QED) is 0.808. The predicted molar refractivity (Wildman–Crippen MR) is 64.2 cm³/mol. The number of carbonyl (C=O) groups excluding carboxylic acids is 1. The molecule has 16 heavy (non-hydrogen) atoms. The van der Waals surface area contributed by atoms with Crippen LogP contribution in [0.1, 0.15) is 25.0 Å². The molecule has 0 fully saturated rings. The van der Waals surface area contributed by atoms with Gasteiger partial charge in [0.15, 0.2) is 0 Å². The number of nitrogens with one attached hydrogen (secondary N) is 1. The molecule has 1 aromatic rings. The van der Waals surface area contributed by atoms with Gasteiger partial charge in [0.25, 0.3) is 0 Å². The Morgan fingerprint density at radius 3 is 2.69 bits per heavy atom. The van der Waals surface area contributed by atoms with Crippen LogP contribution in [0, 0.1) is 6.92 Å². The molecule has 3 nitrogen and oxygen atoms in total. The van der Waals surface area contributed by atoms with Gasteiger partial charge in [-0.25, -0.2) is 0 Å². The summed E-state index contributed by atoms with van der Waals surface area (Å²) in [6.45, 7) is 5.52. The minimum absolute atomic E-state index is 0.0629. The maximum absolute atomic E-state index is 11.7. The van der Waals surface area contributed by atoms with E-state index in [4.69, 9.17) is 5.11 Å². The van der Waals surface area contributed by atoms with Crippen LogP contribution >= 0.6 is 0 Å². The Hall–Kier alpha value is -1.35. The monoisotopic (exact) mass is 221 g/mol. The van der Waals surface area contributed by atoms with Crippen molar-refractivity contribution in [2.45, 2.75) is 32.7 Å². The Labute approximate surface area is 96.5 Å². The fraction of sp³-hybridized carbons (Fsp3) is 0.462. The molecule has 0 radical (unpaired) electrons. The molecule has 0 bridgehead atoms. The molecule has 2 N–H and O–H groups in total. The van der Waals surface area contributed by atoms with Crippen LogP contribution in [0.3, 0.4) is 0 Å². The second-order valence-corrected chi connectivity index (χ2v) is 4.76. The third kappa shape index (κ3) is 4.03. The Kier molecular flexibility index (Phi) is 4.07. The fourth-order valence-corrected chi connectivity index (χ4v) is 1.47. The van der Waals surface area contributed by atoms with Gasteiger partial charge in [0.1, 0.15) is 0 Å². The van der Waals surface area contributed by atoms with Crippen molar-refractivity contribution in [3.8, 4) is 0 Å². The first-order chi connectivity index (χ1) is 7.43. The highest BCUT2D eigenvalue weighted by molar-refractivity contribution is 5.79. The van der Waals surface area contributed by atoms with Gasteiger partial charge in [0.05, 0.1) is 18.6 Å². The summed E-state index contributed by atoms with van der Waals surface area (Å²) in [7, 11) is 0. The first kappa shape index (κ1) is 12.7. The van der Waals surface area contributed by atoms with E-state index in [1.165, 1.54) is 0 Å². The van der Waals surface area contributed by atoms with Crippen LogP contribution in [0.4, 0.5) is 0 Å². The largest absolute Gasteiger partial charge is 0.394 e. The standard InChI is InChI=1S/C13H19NO2/c1-10-5-4-6-11(7-10)8-12(16)14-13(2,3)9-15/h4-7,15H,8-9H2,1-3H3,(H,14,16). The number of hydrogen-bond donors (Lipinski definition) is 2. The Morgan fingerprint density at radius 2 is 2.12 bits per heavy atom. The Morgan fingerprint density at radius 1 is 1.44 bits per heavy atom. The summed E-state index contributed by atoms with van der Waals surface area (Å²) >= 11 is 0. The molecule has 0 spiro atoms. The van der Waals surface area contributed by atoms with E-state index in [2.05, 4.69) is 5.32 Å². The number of aryl methyl sites for hydroxylation is 1. The molecule has 0 unspecified atom stereocenters. The molecule has 1 aromatic carbocycles. The molecule has 0 saturated carbocycles. The van der Waals surface area contributed by atoms with Crippen LogP contribution in [0.2, 0.25) is 0 Å². The van der Waals surface area contributed by atoms with Crippen molar-refractivity contribution in [1.29, 1.82) is 0 Å². The van der Waals surface area contributed by atoms with Gasteiger partial charge in [-0.05, 0) is 26.3 Å². The number of aliphatic hydroxyl groups is 1. The van der Waals surface area contributed by atoms with Gasteiger partial charge in [-0.3, -0.25) is 4.79 Å². The minimum Gasteiger partial charge on any atom is -0.394 e. The van der Waals surface area contributed by atoms with Gasteiger partial charge >= 0.3 is 0 Å². The highest BCUT2D eigenvalue weighted by Gasteiger charge is 2.18. The van der Waals surface area contributed by atoms with E-state index >= 15 is 0 Å². The molecular weight excluding hydrogens is 202 g/mol. The number of amides is 1. The molecule has 1 amide bonds. The molecule has 0 aliphatic rings. The van der Waals surface area contributed by atoms with E-state index in [9.17, 15) is 4.79 Å². The fourth-order valence-electron chi connectivity index (χ4n) is 1.47. The second-order valence-electron chi connectivity index (χ2n) is 4.76. The summed E-state index contributed by atoms with van der Waals surface area (Å²) in [5.74, 6) is -0.0651. The summed E-state index contributed by atoms with van der Waals surface area (Å²) in [5, 5.41) is 11.8. The third-order valence-corrected chi connectivity index (χ3v) is 2.32. The van der Waals surface area contributed by atoms with E-state index in [1.54, 1.807) is 13.8 Å². The zero-order chi connectivity index (χ0) is 12.2. The summed E-state index contributed by atoms with van der Waals surface area (Å²) in [6.07, 6.45) is 0.352. The van der Waals surface area contributed by atoms with E-state index in [0.29, 0.717) is 6.42 Å². The molecule has 0 aliphatic heterocycles. The average Bonchev–Trinajstić information content (AvgIpc) is 2.16. The smallest absolute Gasteiger partial charge is 0.224 e. The molecule has 0 aliphatic carbocycles. The van der Waals surface area contributed by atoms with Gasteiger partial charge in [-0.1, -0.05) is 29.8 Å². The van der Waals surface area contributed by atoms with Crippen molar-refractivity contribution < 1.29 is 9.90 Å². The Bertz CT molecular complexity index is 372. The SMILES string of the molecule is Cc1cccc(CC(=O)NC(C)(C)CO)c1. The lowest BCUT2D eigenvalue weighted by Crippen LogP contribution is -2.46. The van der Waals surface area contributed by atoms with Crippen molar-refractivity contribution in [3.63, 3.8) is 0 Å². The Balaban J connectivity index is 2.59. The number of aliphatic hydroxyl groups excluding tert-OH is 1. The zero-order valence-electron chi connectivity index (χ0n) is 10.1. The molecule has 0 aromatic heterocycles. The van der Waals surface area contributed by atoms with E-state index in [-0.39, 0.29) is 12.5 Å². The summed E-state index contributed by atoms with van der Waals surface area (Å²) in [6, 6.07) is 7.86. The number of benzene rings is 1. The van der Waals surface area contributed by atoms with Crippen molar-refractivity contribution in [1.82, 2.24) is 5.32 Å². The zero-order valence-corrected chi connectivity index (χ0v) is 10.1. The first-order valence-corrected chi connectivity index (χ1v) is 5.40. The van der Waals surface area contributed by atoms with Crippen molar-refractivity contribution in [2.24, 2.45) is 0 Å². The predicted octanol–water partition coefficient (Wildman–Crippen LogP) is 1.42. The van der Waals surface area contributed by atoms with Crippen LogP contribution in [0.25, 0.3) is 0 Å². The van der Waals surface area contributed by atoms with Crippen LogP contribution in [0.5, 0.6) is 0 Å². The molecule has 0 saturated heterocycles. The summed E-state index contributed by atoms with van der Waals surface area (Å²) in [4.78, 5) is 11.7. The lowest BCUT2D eigenvalue weighted by molar-refractivity contribution is -0.122. The third-order valence-electron chi connectivity index (χ3n) is 2.32. The van der Waals surface area contributed by atoms with Gasteiger partial charge in [0, 0.05) is 0 Å². The lowest BCUT2D eigenvalue weighted by atomic mass is 10.1. The van der Waals surface area contributed by atoms with Crippen molar-refractivity contribution >= 4 is 5.91 Å². The number of hydrogen-bond acceptors (Lipinski definition) is 2. The van der Waals surface area contributed by atoms with Crippen LogP contribution in [0.15, 0.2) is 24.3 Å². The van der Waals surface area contributed by atoms with Gasteiger partial charge in [-0.2, -0.15) is 0 Å². The van der Waals surface area contributed by atoms with Crippen molar-refractivity contribution in [2.75, 3.05) is 6.61 Å². The highest BCUT2D eigenvalue weighted by atomic mass is 16.3. The van der Waals surface area contributed by atoms with Crippen LogP contribution in [-0.4, -0.2) is 23.2 Å². The molecule has 0 atom stereocenters. The van der Waals surface area contributed by atoms with E-state index in [0.717, 1.165) is 11.1 Å². The van der Waals surface area contributed by atoms with Crippen LogP contribution < -0.4 is 5.32 Å². The van der Waals surface area contributed by atoms with Crippen molar-refractivity contribution in [3.05, 3.63) is 35.4 Å². The molecule has 3 heteroatoms. The maximum Gasteiger partial charge on any atom is 0.224 e. The normalized spacial score (nSPS) is 11.2. The number of carbonyl (C=O) groups is 1. The summed E-state index contributed by atoms with van der Waals surface area (Å²) in [5.41, 5.74) is 1.58. The first-order valence-electron chi connectivity index (χ1n) is 5.40. The number of rotatable bonds is 4. The van der Waals surface area contributed by atoms with Gasteiger partial charge < -0.3 is 10.4 Å². The van der Waals surface area contributed by atoms with Crippen LogP contribution in [-0.2, 0) is 11.2 Å². The van der Waals surface area contributed by atoms with Gasteiger partial charge in [-0.15, -0.1) is 0 Å².